The Morgan fingerprint density at radius 3 is 2.61 bits per heavy atom. The molecule has 3 aliphatic heterocycles. The van der Waals surface area contributed by atoms with E-state index in [-0.39, 0.29) is 17.7 Å². The van der Waals surface area contributed by atoms with Gasteiger partial charge in [-0.3, -0.25) is 14.4 Å². The number of hydrogen-bond donors (Lipinski definition) is 2. The average molecular weight is 416 g/mol. The molecule has 8 heteroatoms. The Kier molecular flexibility index (Phi) is 4.11. The number of carbonyl (C=O) groups is 1. The monoisotopic (exact) mass is 416 g/mol. The normalized spacial score (nSPS) is 24.6. The van der Waals surface area contributed by atoms with Crippen LogP contribution >= 0.6 is 0 Å². The zero-order valence-electron chi connectivity index (χ0n) is 17.3. The van der Waals surface area contributed by atoms with Crippen molar-refractivity contribution in [2.75, 3.05) is 4.90 Å². The zero-order chi connectivity index (χ0) is 21.1. The Morgan fingerprint density at radius 1 is 1.10 bits per heavy atom. The molecule has 1 unspecified atom stereocenters. The lowest BCUT2D eigenvalue weighted by Gasteiger charge is -2.35. The fraction of sp³-hybridized carbons (Fsp3) is 0.391. The Bertz CT molecular complexity index is 1180. The van der Waals surface area contributed by atoms with Crippen molar-refractivity contribution in [1.29, 1.82) is 0 Å². The van der Waals surface area contributed by atoms with E-state index >= 15 is 0 Å². The molecule has 31 heavy (non-hydrogen) atoms. The highest BCUT2D eigenvalue weighted by Gasteiger charge is 2.42. The van der Waals surface area contributed by atoms with Gasteiger partial charge in [-0.05, 0) is 49.4 Å². The minimum atomic E-state index is 0.101. The lowest BCUT2D eigenvalue weighted by atomic mass is 9.98. The van der Waals surface area contributed by atoms with Crippen molar-refractivity contribution >= 4 is 11.7 Å². The van der Waals surface area contributed by atoms with Gasteiger partial charge < -0.3 is 10.4 Å². The van der Waals surface area contributed by atoms with Crippen LogP contribution in [0, 0.1) is 0 Å². The van der Waals surface area contributed by atoms with E-state index < -0.39 is 0 Å². The van der Waals surface area contributed by atoms with Crippen LogP contribution in [-0.2, 0) is 18.3 Å². The van der Waals surface area contributed by atoms with Crippen molar-refractivity contribution in [3.05, 3.63) is 42.2 Å². The maximum atomic E-state index is 12.9. The number of nitrogens with zero attached hydrogens (tertiary/aromatic N) is 5. The van der Waals surface area contributed by atoms with E-state index in [0.29, 0.717) is 35.6 Å². The number of anilines is 1. The van der Waals surface area contributed by atoms with Gasteiger partial charge in [-0.1, -0.05) is 6.07 Å². The van der Waals surface area contributed by atoms with E-state index in [0.717, 1.165) is 29.5 Å². The smallest absolute Gasteiger partial charge is 0.233 e. The second kappa shape index (κ2) is 6.88. The van der Waals surface area contributed by atoms with Gasteiger partial charge >= 0.3 is 0 Å². The SMILES string of the molecule is Cn1cc(-c2ccc(-c3cc4c(nn3)N(C3C[C@H]5CC[C@@H](C3)N5)C(=O)C4)c(O)c2)cn1. The van der Waals surface area contributed by atoms with E-state index in [1.54, 1.807) is 16.9 Å². The second-order valence-electron chi connectivity index (χ2n) is 8.92. The van der Waals surface area contributed by atoms with Crippen LogP contribution < -0.4 is 10.2 Å². The summed E-state index contributed by atoms with van der Waals surface area (Å²) in [4.78, 5) is 14.7. The van der Waals surface area contributed by atoms with E-state index in [1.165, 1.54) is 12.8 Å². The summed E-state index contributed by atoms with van der Waals surface area (Å²) in [6.45, 7) is 0. The lowest BCUT2D eigenvalue weighted by molar-refractivity contribution is -0.118. The molecule has 3 aromatic rings. The van der Waals surface area contributed by atoms with Crippen LogP contribution in [0.4, 0.5) is 5.82 Å². The third-order valence-electron chi connectivity index (χ3n) is 6.81. The largest absolute Gasteiger partial charge is 0.507 e. The average Bonchev–Trinajstić information content (AvgIpc) is 3.43. The van der Waals surface area contributed by atoms with Crippen LogP contribution in [0.25, 0.3) is 22.4 Å². The molecule has 6 rings (SSSR count). The Morgan fingerprint density at radius 2 is 1.90 bits per heavy atom. The fourth-order valence-electron chi connectivity index (χ4n) is 5.37. The highest BCUT2D eigenvalue weighted by atomic mass is 16.3. The summed E-state index contributed by atoms with van der Waals surface area (Å²) in [5.41, 5.74) is 3.88. The van der Waals surface area contributed by atoms with Crippen molar-refractivity contribution in [3.63, 3.8) is 0 Å². The molecule has 1 amide bonds. The standard InChI is InChI=1S/C23H24N6O2/c1-28-12-15(11-24-28)13-2-5-19(21(30)7-13)20-6-14-8-22(31)29(23(14)27-26-20)18-9-16-3-4-17(10-18)25-16/h2,5-7,11-12,16-18,25,30H,3-4,8-10H2,1H3/t16-,17+,18?. The number of hydrogen-bond acceptors (Lipinski definition) is 6. The number of carbonyl (C=O) groups excluding carboxylic acids is 1. The number of amides is 1. The van der Waals surface area contributed by atoms with Crippen molar-refractivity contribution in [2.24, 2.45) is 7.05 Å². The summed E-state index contributed by atoms with van der Waals surface area (Å²) in [6.07, 6.45) is 8.33. The molecule has 0 spiro atoms. The molecule has 5 heterocycles. The number of aromatic hydroxyl groups is 1. The number of nitrogens with one attached hydrogen (secondary N) is 1. The van der Waals surface area contributed by atoms with Gasteiger partial charge in [-0.15, -0.1) is 10.2 Å². The number of aromatic nitrogens is 4. The van der Waals surface area contributed by atoms with Crippen LogP contribution in [0.2, 0.25) is 0 Å². The van der Waals surface area contributed by atoms with E-state index in [1.807, 2.05) is 36.3 Å². The molecule has 0 radical (unpaired) electrons. The summed E-state index contributed by atoms with van der Waals surface area (Å²) < 4.78 is 1.73. The van der Waals surface area contributed by atoms with Crippen LogP contribution in [0.3, 0.4) is 0 Å². The molecule has 2 bridgehead atoms. The molecule has 3 aliphatic rings. The summed E-state index contributed by atoms with van der Waals surface area (Å²) in [7, 11) is 1.86. The maximum Gasteiger partial charge on any atom is 0.233 e. The maximum absolute atomic E-state index is 12.9. The number of fused-ring (bicyclic) bond motifs is 3. The second-order valence-corrected chi connectivity index (χ2v) is 8.92. The van der Waals surface area contributed by atoms with Crippen LogP contribution in [0.1, 0.15) is 31.2 Å². The van der Waals surface area contributed by atoms with Crippen molar-refractivity contribution in [3.8, 4) is 28.1 Å². The molecule has 0 saturated carbocycles. The predicted molar refractivity (Wildman–Crippen MR) is 115 cm³/mol. The Balaban J connectivity index is 1.30. The minimum Gasteiger partial charge on any atom is -0.507 e. The zero-order valence-corrected chi connectivity index (χ0v) is 17.3. The lowest BCUT2D eigenvalue weighted by Crippen LogP contribution is -2.49. The fourth-order valence-corrected chi connectivity index (χ4v) is 5.37. The van der Waals surface area contributed by atoms with Gasteiger partial charge in [-0.25, -0.2) is 0 Å². The molecule has 1 aromatic carbocycles. The topological polar surface area (TPSA) is 96.2 Å². The van der Waals surface area contributed by atoms with Gasteiger partial charge in [0.25, 0.3) is 0 Å². The number of aryl methyl sites for hydroxylation is 1. The predicted octanol–water partition coefficient (Wildman–Crippen LogP) is 2.42. The van der Waals surface area contributed by atoms with Crippen molar-refractivity contribution < 1.29 is 9.90 Å². The van der Waals surface area contributed by atoms with Gasteiger partial charge in [0.05, 0.1) is 18.3 Å². The van der Waals surface area contributed by atoms with Crippen LogP contribution in [-0.4, -0.2) is 49.1 Å². The van der Waals surface area contributed by atoms with Gasteiger partial charge in [0.1, 0.15) is 5.75 Å². The third-order valence-corrected chi connectivity index (χ3v) is 6.81. The van der Waals surface area contributed by atoms with Gasteiger partial charge in [0.2, 0.25) is 5.91 Å². The Labute approximate surface area is 179 Å². The highest BCUT2D eigenvalue weighted by molar-refractivity contribution is 6.01. The first-order valence-corrected chi connectivity index (χ1v) is 10.8. The molecular formula is C23H24N6O2. The molecule has 3 atom stereocenters. The van der Waals surface area contributed by atoms with E-state index in [9.17, 15) is 9.90 Å². The number of phenols is 1. The number of benzene rings is 1. The molecule has 2 aromatic heterocycles. The molecule has 2 fully saturated rings. The first-order valence-electron chi connectivity index (χ1n) is 10.8. The summed E-state index contributed by atoms with van der Waals surface area (Å²) in [5, 5.41) is 27.3. The van der Waals surface area contributed by atoms with E-state index in [4.69, 9.17) is 0 Å². The first kappa shape index (κ1) is 18.5. The Hall–Kier alpha value is -3.26. The quantitative estimate of drug-likeness (QED) is 0.681. The van der Waals surface area contributed by atoms with Gasteiger partial charge in [-0.2, -0.15) is 5.10 Å². The van der Waals surface area contributed by atoms with Gasteiger partial charge in [0, 0.05) is 48.1 Å². The molecule has 2 saturated heterocycles. The number of rotatable bonds is 3. The highest BCUT2D eigenvalue weighted by Crippen LogP contribution is 2.38. The summed E-state index contributed by atoms with van der Waals surface area (Å²) in [6, 6.07) is 8.58. The van der Waals surface area contributed by atoms with Crippen molar-refractivity contribution in [2.45, 2.75) is 50.2 Å². The number of phenolic OH excluding ortho intramolecular Hbond substituents is 1. The third kappa shape index (κ3) is 3.09. The summed E-state index contributed by atoms with van der Waals surface area (Å²) in [5.74, 6) is 0.919. The molecule has 2 N–H and O–H groups in total. The number of piperidine rings is 1. The summed E-state index contributed by atoms with van der Waals surface area (Å²) >= 11 is 0. The van der Waals surface area contributed by atoms with Crippen LogP contribution in [0.5, 0.6) is 5.75 Å². The van der Waals surface area contributed by atoms with E-state index in [2.05, 4.69) is 20.6 Å². The van der Waals surface area contributed by atoms with Crippen molar-refractivity contribution in [1.82, 2.24) is 25.3 Å². The van der Waals surface area contributed by atoms with Crippen LogP contribution in [0.15, 0.2) is 36.7 Å². The van der Waals surface area contributed by atoms with Gasteiger partial charge in [0.15, 0.2) is 5.82 Å². The molecule has 8 nitrogen and oxygen atoms in total. The molecule has 158 valence electrons. The molecular weight excluding hydrogens is 392 g/mol. The minimum absolute atomic E-state index is 0.101. The molecule has 0 aliphatic carbocycles. The first-order chi connectivity index (χ1) is 15.0.